The van der Waals surface area contributed by atoms with Crippen LogP contribution in [0.3, 0.4) is 0 Å². The van der Waals surface area contributed by atoms with Crippen LogP contribution in [0, 0.1) is 12.1 Å². The number of amides is 2. The van der Waals surface area contributed by atoms with Crippen LogP contribution in [0.15, 0.2) is 146 Å². The van der Waals surface area contributed by atoms with Crippen LogP contribution in [0.2, 0.25) is 0 Å². The average Bonchev–Trinajstić information content (AvgIpc) is 3.45. The predicted octanol–water partition coefficient (Wildman–Crippen LogP) is 6.68. The number of fused-ring (bicyclic) bond motifs is 1. The molecule has 0 unspecified atom stereocenters. The van der Waals surface area contributed by atoms with E-state index in [2.05, 4.69) is 12.1 Å². The number of anilines is 1. The maximum Gasteiger partial charge on any atom is 0.311 e. The fourth-order valence-electron chi connectivity index (χ4n) is 4.40. The SMILES string of the molecule is C=O.CO.O=C(O)c1cc[c-]cc1.O=C1c2ccccc2C(=O)N1c1ccc(O)cc1.Oc1cc[c-]cc1.Oc1ccc(Cc2ccc(O)cc2)cc1.[Y]. The number of aromatic hydroxyl groups is 4. The van der Waals surface area contributed by atoms with Gasteiger partial charge in [0.15, 0.2) is 0 Å². The molecule has 7 rings (SSSR count). The number of rotatable bonds is 4. The number of aliphatic hydroxyl groups is 1. The Hall–Kier alpha value is -6.14. The summed E-state index contributed by atoms with van der Waals surface area (Å²) in [7, 11) is 1.00. The number of nitrogens with zero attached hydrogens (tertiary/aromatic N) is 1. The molecule has 6 N–H and O–H groups in total. The van der Waals surface area contributed by atoms with Crippen LogP contribution in [-0.4, -0.2) is 62.3 Å². The normalized spacial score (nSPS) is 10.2. The number of carboxylic acids is 1. The largest absolute Gasteiger partial charge is 0.533 e. The minimum atomic E-state index is -0.899. The number of imide groups is 1. The summed E-state index contributed by atoms with van der Waals surface area (Å²) < 4.78 is 0. The molecule has 54 heavy (non-hydrogen) atoms. The van der Waals surface area contributed by atoms with Crippen LogP contribution in [0.5, 0.6) is 23.0 Å². The number of phenolic OH excluding ortho intramolecular Hbond substituents is 4. The minimum absolute atomic E-state index is 0. The van der Waals surface area contributed by atoms with Crippen LogP contribution in [0.25, 0.3) is 0 Å². The number of carbonyl (C=O) groups excluding carboxylic acids is 3. The summed E-state index contributed by atoms with van der Waals surface area (Å²) in [6.45, 7) is 2.00. The monoisotopic (exact) mass is 804 g/mol. The van der Waals surface area contributed by atoms with E-state index in [-0.39, 0.29) is 61.8 Å². The summed E-state index contributed by atoms with van der Waals surface area (Å²) in [6.07, 6.45) is 0.806. The summed E-state index contributed by atoms with van der Waals surface area (Å²) in [5.41, 5.74) is 3.86. The van der Waals surface area contributed by atoms with Crippen molar-refractivity contribution in [2.24, 2.45) is 0 Å². The molecular weight excluding hydrogens is 767 g/mol. The zero-order valence-electron chi connectivity index (χ0n) is 29.1. The van der Waals surface area contributed by atoms with E-state index in [9.17, 15) is 19.5 Å². The van der Waals surface area contributed by atoms with Crippen molar-refractivity contribution in [2.75, 3.05) is 12.0 Å². The Labute approximate surface area is 337 Å². The molecule has 6 aromatic rings. The van der Waals surface area contributed by atoms with Gasteiger partial charge in [0.2, 0.25) is 0 Å². The number of aromatic carboxylic acids is 1. The van der Waals surface area contributed by atoms with Crippen molar-refractivity contribution in [3.05, 3.63) is 186 Å². The van der Waals surface area contributed by atoms with E-state index in [0.717, 1.165) is 29.6 Å². The van der Waals surface area contributed by atoms with E-state index in [4.69, 9.17) is 30.3 Å². The Bertz CT molecular complexity index is 1910. The Morgan fingerprint density at radius 1 is 0.556 bits per heavy atom. The molecule has 1 heterocycles. The van der Waals surface area contributed by atoms with Crippen LogP contribution < -0.4 is 4.90 Å². The van der Waals surface area contributed by atoms with Gasteiger partial charge in [-0.2, -0.15) is 48.5 Å². The summed E-state index contributed by atoms with van der Waals surface area (Å²) in [5.74, 6) is -0.616. The van der Waals surface area contributed by atoms with Crippen LogP contribution in [-0.2, 0) is 43.9 Å². The van der Waals surface area contributed by atoms with Crippen molar-refractivity contribution in [1.29, 1.82) is 0 Å². The number of carboxylic acid groups (broad SMARTS) is 1. The molecule has 0 saturated carbocycles. The van der Waals surface area contributed by atoms with Crippen molar-refractivity contribution in [3.63, 3.8) is 0 Å². The maximum atomic E-state index is 12.1. The first-order chi connectivity index (χ1) is 25.6. The number of aliphatic hydroxyl groups excluding tert-OH is 1. The molecule has 0 bridgehead atoms. The van der Waals surface area contributed by atoms with E-state index in [1.54, 1.807) is 84.9 Å². The second-order valence-electron chi connectivity index (χ2n) is 10.4. The summed E-state index contributed by atoms with van der Waals surface area (Å²) in [6, 6.07) is 45.1. The third-order valence-corrected chi connectivity index (χ3v) is 6.85. The topological polar surface area (TPSA) is 193 Å². The number of hydrogen-bond acceptors (Lipinski definition) is 9. The standard InChI is InChI=1S/C14H9NO3.C13H12O2.C7H5O2.C6H5O.CH4O.CH2O.Y/c16-10-7-5-9(6-8-10)15-13(17)11-3-1-2-4-12(11)14(15)18;14-12-5-1-10(2-6-12)9-11-3-7-13(15)8-4-11;8-7(9)6-4-2-1-3-5-6;7-6-4-2-1-3-5-6;2*1-2;/h1-8,16H;1-8,14-15H,9H2;2-5H,(H,8,9);2-5,7H;2H,1H3;1H2;/q;;2*-1;;;. The fourth-order valence-corrected chi connectivity index (χ4v) is 4.40. The van der Waals surface area contributed by atoms with Crippen LogP contribution in [0.4, 0.5) is 5.69 Å². The molecule has 0 aromatic heterocycles. The Morgan fingerprint density at radius 3 is 1.20 bits per heavy atom. The summed E-state index contributed by atoms with van der Waals surface area (Å²) in [5, 5.41) is 51.5. The second kappa shape index (κ2) is 24.9. The molecule has 1 aliphatic rings. The van der Waals surface area contributed by atoms with Gasteiger partial charge in [-0.05, 0) is 83.8 Å². The van der Waals surface area contributed by atoms with Gasteiger partial charge in [-0.25, -0.2) is 9.69 Å². The third kappa shape index (κ3) is 14.8. The van der Waals surface area contributed by atoms with Gasteiger partial charge in [-0.15, -0.1) is 12.1 Å². The minimum Gasteiger partial charge on any atom is -0.533 e. The van der Waals surface area contributed by atoms with Crippen molar-refractivity contribution in [2.45, 2.75) is 6.42 Å². The zero-order chi connectivity index (χ0) is 39.2. The van der Waals surface area contributed by atoms with Gasteiger partial charge in [0.05, 0.1) is 16.8 Å². The van der Waals surface area contributed by atoms with Gasteiger partial charge in [0.25, 0.3) is 11.8 Å². The van der Waals surface area contributed by atoms with Crippen LogP contribution in [0.1, 0.15) is 42.2 Å². The van der Waals surface area contributed by atoms with Crippen molar-refractivity contribution < 1.29 is 82.5 Å². The van der Waals surface area contributed by atoms with E-state index in [0.29, 0.717) is 28.1 Å². The Morgan fingerprint density at radius 2 is 0.889 bits per heavy atom. The second-order valence-corrected chi connectivity index (χ2v) is 10.4. The molecule has 1 aliphatic heterocycles. The van der Waals surface area contributed by atoms with Gasteiger partial charge in [0, 0.05) is 45.6 Å². The Balaban J connectivity index is 0.000000365. The summed E-state index contributed by atoms with van der Waals surface area (Å²) >= 11 is 0. The van der Waals surface area contributed by atoms with Gasteiger partial charge in [0.1, 0.15) is 24.0 Å². The predicted molar refractivity (Wildman–Crippen MR) is 199 cm³/mol. The smallest absolute Gasteiger partial charge is 0.311 e. The third-order valence-electron chi connectivity index (χ3n) is 6.85. The first kappa shape index (κ1) is 45.9. The van der Waals surface area contributed by atoms with Gasteiger partial charge in [-0.1, -0.05) is 36.4 Å². The number of hydrogen-bond donors (Lipinski definition) is 6. The number of carbonyl (C=O) groups is 4. The van der Waals surface area contributed by atoms with Gasteiger partial charge in [-0.3, -0.25) is 9.59 Å². The molecule has 0 saturated heterocycles. The molecule has 275 valence electrons. The zero-order valence-corrected chi connectivity index (χ0v) is 31.9. The first-order valence-electron chi connectivity index (χ1n) is 15.5. The molecule has 0 fully saturated rings. The number of benzene rings is 6. The van der Waals surface area contributed by atoms with E-state index >= 15 is 0 Å². The molecule has 2 amide bonds. The Kier molecular flexibility index (Phi) is 21.2. The van der Waals surface area contributed by atoms with E-state index in [1.807, 2.05) is 31.1 Å². The molecule has 1 radical (unpaired) electrons. The van der Waals surface area contributed by atoms with Crippen molar-refractivity contribution in [3.8, 4) is 23.0 Å². The molecule has 6 aromatic carbocycles. The molecule has 12 heteroatoms. The van der Waals surface area contributed by atoms with E-state index < -0.39 is 5.97 Å². The van der Waals surface area contributed by atoms with Crippen LogP contribution >= 0.6 is 0 Å². The van der Waals surface area contributed by atoms with Gasteiger partial charge < -0.3 is 35.4 Å². The quantitative estimate of drug-likeness (QED) is 0.0828. The molecule has 0 atom stereocenters. The molecule has 0 spiro atoms. The maximum absolute atomic E-state index is 12.1. The molecule has 0 aliphatic carbocycles. The van der Waals surface area contributed by atoms with Crippen molar-refractivity contribution >= 4 is 30.3 Å². The first-order valence-corrected chi connectivity index (χ1v) is 15.5. The van der Waals surface area contributed by atoms with Crippen molar-refractivity contribution in [1.82, 2.24) is 0 Å². The molecule has 11 nitrogen and oxygen atoms in total. The molecular formula is C42H37NO10Y-2. The van der Waals surface area contributed by atoms with E-state index in [1.165, 1.54) is 36.4 Å². The van der Waals surface area contributed by atoms with Gasteiger partial charge >= 0.3 is 5.97 Å². The number of phenols is 4. The fraction of sp³-hybridized carbons (Fsp3) is 0.0476. The average molecular weight is 805 g/mol. The summed E-state index contributed by atoms with van der Waals surface area (Å²) in [4.78, 5) is 43.6.